The van der Waals surface area contributed by atoms with Crippen molar-refractivity contribution in [2.24, 2.45) is 5.92 Å². The van der Waals surface area contributed by atoms with Crippen LogP contribution in [0.5, 0.6) is 0 Å². The quantitative estimate of drug-likeness (QED) is 0.760. The Hall–Kier alpha value is -1.62. The average molecular weight is 349 g/mol. The summed E-state index contributed by atoms with van der Waals surface area (Å²) in [4.78, 5) is 14.6. The molecule has 5 heteroatoms. The van der Waals surface area contributed by atoms with Gasteiger partial charge in [0, 0.05) is 19.0 Å². The van der Waals surface area contributed by atoms with Crippen LogP contribution >= 0.6 is 0 Å². The maximum Gasteiger partial charge on any atom is 0.226 e. The van der Waals surface area contributed by atoms with Crippen LogP contribution in [0.3, 0.4) is 0 Å². The van der Waals surface area contributed by atoms with E-state index in [9.17, 15) is 13.2 Å². The van der Waals surface area contributed by atoms with Crippen molar-refractivity contribution in [2.45, 2.75) is 32.6 Å². The van der Waals surface area contributed by atoms with Gasteiger partial charge in [-0.2, -0.15) is 0 Å². The fourth-order valence-corrected chi connectivity index (χ4v) is 4.41. The Morgan fingerprint density at radius 2 is 1.88 bits per heavy atom. The molecule has 2 rings (SSSR count). The average Bonchev–Trinajstić information content (AvgIpc) is 2.58. The van der Waals surface area contributed by atoms with Crippen molar-refractivity contribution in [3.05, 3.63) is 42.0 Å². The number of nitrogens with zero attached hydrogens (tertiary/aromatic N) is 1. The van der Waals surface area contributed by atoms with Gasteiger partial charge in [0.2, 0.25) is 5.91 Å². The molecule has 0 aromatic heterocycles. The van der Waals surface area contributed by atoms with E-state index in [-0.39, 0.29) is 23.3 Å². The van der Waals surface area contributed by atoms with Gasteiger partial charge < -0.3 is 4.90 Å². The molecule has 1 saturated heterocycles. The molecular formula is C19H27NO3S. The van der Waals surface area contributed by atoms with Gasteiger partial charge in [0.05, 0.1) is 11.5 Å². The van der Waals surface area contributed by atoms with Gasteiger partial charge in [0.15, 0.2) is 0 Å². The standard InChI is InChI=1S/C19H27NO3S/c1-2-3-13-20(14-7-10-17-8-5-4-6-9-17)19(21)18-11-15-24(22,23)16-12-18/h4-10,18H,2-3,11-16H2,1H3/b10-7+. The summed E-state index contributed by atoms with van der Waals surface area (Å²) in [6, 6.07) is 10.0. The number of hydrogen-bond acceptors (Lipinski definition) is 3. The molecule has 1 aromatic rings. The Balaban J connectivity index is 1.96. The first-order valence-corrected chi connectivity index (χ1v) is 10.5. The normalized spacial score (nSPS) is 17.9. The predicted octanol–water partition coefficient (Wildman–Crippen LogP) is 3.15. The van der Waals surface area contributed by atoms with Gasteiger partial charge in [-0.15, -0.1) is 0 Å². The van der Waals surface area contributed by atoms with Gasteiger partial charge >= 0.3 is 0 Å². The van der Waals surface area contributed by atoms with E-state index < -0.39 is 9.84 Å². The van der Waals surface area contributed by atoms with Gasteiger partial charge in [-0.3, -0.25) is 4.79 Å². The molecule has 0 radical (unpaired) electrons. The predicted molar refractivity (Wildman–Crippen MR) is 98.3 cm³/mol. The number of rotatable bonds is 7. The van der Waals surface area contributed by atoms with Gasteiger partial charge in [0.1, 0.15) is 9.84 Å². The van der Waals surface area contributed by atoms with Gasteiger partial charge in [-0.25, -0.2) is 8.42 Å². The fourth-order valence-electron chi connectivity index (χ4n) is 2.92. The van der Waals surface area contributed by atoms with Crippen LogP contribution in [-0.4, -0.2) is 43.8 Å². The summed E-state index contributed by atoms with van der Waals surface area (Å²) in [5.41, 5.74) is 1.11. The van der Waals surface area contributed by atoms with Crippen LogP contribution in [-0.2, 0) is 14.6 Å². The van der Waals surface area contributed by atoms with Crippen LogP contribution in [0, 0.1) is 5.92 Å². The van der Waals surface area contributed by atoms with Crippen LogP contribution in [0.4, 0.5) is 0 Å². The monoisotopic (exact) mass is 349 g/mol. The van der Waals surface area contributed by atoms with Crippen molar-refractivity contribution >= 4 is 21.8 Å². The number of unbranched alkanes of at least 4 members (excludes halogenated alkanes) is 1. The molecule has 24 heavy (non-hydrogen) atoms. The van der Waals surface area contributed by atoms with E-state index in [4.69, 9.17) is 0 Å². The highest BCUT2D eigenvalue weighted by Crippen LogP contribution is 2.21. The minimum atomic E-state index is -2.93. The third kappa shape index (κ3) is 5.78. The summed E-state index contributed by atoms with van der Waals surface area (Å²) in [5.74, 6) is 0.252. The van der Waals surface area contributed by atoms with Gasteiger partial charge in [-0.1, -0.05) is 55.8 Å². The summed E-state index contributed by atoms with van der Waals surface area (Å²) in [6.07, 6.45) is 6.97. The van der Waals surface area contributed by atoms with Gasteiger partial charge in [-0.05, 0) is 24.8 Å². The second-order valence-corrected chi connectivity index (χ2v) is 8.68. The number of carbonyl (C=O) groups is 1. The minimum absolute atomic E-state index is 0.107. The third-order valence-electron chi connectivity index (χ3n) is 4.43. The fraction of sp³-hybridized carbons (Fsp3) is 0.526. The first kappa shape index (κ1) is 18.7. The topological polar surface area (TPSA) is 54.5 Å². The zero-order valence-corrected chi connectivity index (χ0v) is 15.2. The number of benzene rings is 1. The second kappa shape index (κ2) is 9.02. The van der Waals surface area contributed by atoms with Gasteiger partial charge in [0.25, 0.3) is 0 Å². The Morgan fingerprint density at radius 1 is 1.21 bits per heavy atom. The van der Waals surface area contributed by atoms with Crippen molar-refractivity contribution in [2.75, 3.05) is 24.6 Å². The highest BCUT2D eigenvalue weighted by Gasteiger charge is 2.30. The summed E-state index contributed by atoms with van der Waals surface area (Å²) in [7, 11) is -2.93. The molecule has 132 valence electrons. The summed E-state index contributed by atoms with van der Waals surface area (Å²) in [5, 5.41) is 0. The number of carbonyl (C=O) groups excluding carboxylic acids is 1. The van der Waals surface area contributed by atoms with E-state index in [0.29, 0.717) is 19.4 Å². The molecule has 1 heterocycles. The third-order valence-corrected chi connectivity index (χ3v) is 6.15. The van der Waals surface area contributed by atoms with Crippen molar-refractivity contribution in [1.29, 1.82) is 0 Å². The molecule has 0 bridgehead atoms. The highest BCUT2D eigenvalue weighted by molar-refractivity contribution is 7.91. The highest BCUT2D eigenvalue weighted by atomic mass is 32.2. The zero-order chi connectivity index (χ0) is 17.4. The number of amides is 1. The smallest absolute Gasteiger partial charge is 0.226 e. The van der Waals surface area contributed by atoms with Crippen LogP contribution < -0.4 is 0 Å². The first-order chi connectivity index (χ1) is 11.5. The molecule has 1 aromatic carbocycles. The Labute approximate surface area is 145 Å². The van der Waals surface area contributed by atoms with Crippen molar-refractivity contribution in [3.63, 3.8) is 0 Å². The van der Waals surface area contributed by atoms with Crippen LogP contribution in [0.2, 0.25) is 0 Å². The molecule has 1 aliphatic rings. The Morgan fingerprint density at radius 3 is 2.50 bits per heavy atom. The molecule has 0 spiro atoms. The largest absolute Gasteiger partial charge is 0.339 e. The Kier molecular flexibility index (Phi) is 7.03. The van der Waals surface area contributed by atoms with Crippen LogP contribution in [0.15, 0.2) is 36.4 Å². The van der Waals surface area contributed by atoms with Crippen molar-refractivity contribution < 1.29 is 13.2 Å². The molecule has 4 nitrogen and oxygen atoms in total. The first-order valence-electron chi connectivity index (χ1n) is 8.72. The molecule has 1 amide bonds. The van der Waals surface area contributed by atoms with E-state index >= 15 is 0 Å². The molecule has 0 N–H and O–H groups in total. The summed E-state index contributed by atoms with van der Waals surface area (Å²) < 4.78 is 23.1. The van der Waals surface area contributed by atoms with Crippen molar-refractivity contribution in [1.82, 2.24) is 4.90 Å². The summed E-state index contributed by atoms with van der Waals surface area (Å²) in [6.45, 7) is 3.42. The van der Waals surface area contributed by atoms with E-state index in [0.717, 1.165) is 24.9 Å². The maximum atomic E-state index is 12.8. The van der Waals surface area contributed by atoms with E-state index in [2.05, 4.69) is 6.92 Å². The molecule has 0 saturated carbocycles. The molecule has 0 atom stereocenters. The summed E-state index contributed by atoms with van der Waals surface area (Å²) >= 11 is 0. The second-order valence-electron chi connectivity index (χ2n) is 6.38. The molecular weight excluding hydrogens is 322 g/mol. The van der Waals surface area contributed by atoms with E-state index in [1.54, 1.807) is 0 Å². The molecule has 0 unspecified atom stereocenters. The lowest BCUT2D eigenvalue weighted by molar-refractivity contribution is -0.135. The molecule has 1 aliphatic heterocycles. The van der Waals surface area contributed by atoms with Crippen LogP contribution in [0.25, 0.3) is 6.08 Å². The SMILES string of the molecule is CCCCN(C/C=C/c1ccccc1)C(=O)C1CCS(=O)(=O)CC1. The molecule has 0 aliphatic carbocycles. The van der Waals surface area contributed by atoms with E-state index in [1.807, 2.05) is 47.4 Å². The molecule has 1 fully saturated rings. The lowest BCUT2D eigenvalue weighted by Crippen LogP contribution is -2.40. The van der Waals surface area contributed by atoms with Crippen LogP contribution in [0.1, 0.15) is 38.2 Å². The Bertz CT molecular complexity index is 638. The lowest BCUT2D eigenvalue weighted by Gasteiger charge is -2.28. The number of hydrogen-bond donors (Lipinski definition) is 0. The number of sulfone groups is 1. The lowest BCUT2D eigenvalue weighted by atomic mass is 10.0. The zero-order valence-electron chi connectivity index (χ0n) is 14.4. The maximum absolute atomic E-state index is 12.8. The van der Waals surface area contributed by atoms with Crippen molar-refractivity contribution in [3.8, 4) is 0 Å². The minimum Gasteiger partial charge on any atom is -0.339 e. The van der Waals surface area contributed by atoms with E-state index in [1.165, 1.54) is 0 Å².